The summed E-state index contributed by atoms with van der Waals surface area (Å²) in [4.78, 5) is 16.2. The van der Waals surface area contributed by atoms with Gasteiger partial charge in [-0.05, 0) is 31.7 Å². The Kier molecular flexibility index (Phi) is 3.64. The first-order valence-corrected chi connectivity index (χ1v) is 6.82. The first-order chi connectivity index (χ1) is 9.74. The molecular weight excluding hydrogens is 258 g/mol. The average Bonchev–Trinajstić information content (AvgIpc) is 2.87. The van der Waals surface area contributed by atoms with Gasteiger partial charge in [-0.2, -0.15) is 0 Å². The number of hydrogen-bond donors (Lipinski definition) is 1. The molecule has 0 aromatic carbocycles. The van der Waals surface area contributed by atoms with Crippen LogP contribution in [-0.4, -0.2) is 35.8 Å². The fourth-order valence-electron chi connectivity index (χ4n) is 2.38. The van der Waals surface area contributed by atoms with Crippen LogP contribution in [0.2, 0.25) is 0 Å². The van der Waals surface area contributed by atoms with Gasteiger partial charge in [-0.15, -0.1) is 0 Å². The normalized spacial score (nSPS) is 19.1. The van der Waals surface area contributed by atoms with Crippen molar-refractivity contribution in [3.05, 3.63) is 23.5 Å². The molecule has 2 aromatic rings. The molecule has 6 nitrogen and oxygen atoms in total. The molecule has 6 heteroatoms. The molecule has 1 amide bonds. The molecule has 106 valence electrons. The number of ether oxygens (including phenoxy) is 1. The van der Waals surface area contributed by atoms with Crippen molar-refractivity contribution < 1.29 is 14.1 Å². The number of pyridine rings is 1. The summed E-state index contributed by atoms with van der Waals surface area (Å²) in [7, 11) is 0. The van der Waals surface area contributed by atoms with Gasteiger partial charge in [-0.3, -0.25) is 4.79 Å². The Bertz CT molecular complexity index is 617. The minimum atomic E-state index is -0.120. The Labute approximate surface area is 116 Å². The van der Waals surface area contributed by atoms with Gasteiger partial charge < -0.3 is 14.6 Å². The van der Waals surface area contributed by atoms with Gasteiger partial charge in [0, 0.05) is 19.3 Å². The van der Waals surface area contributed by atoms with Gasteiger partial charge in [0.25, 0.3) is 11.6 Å². The Balaban J connectivity index is 1.67. The topological polar surface area (TPSA) is 77.2 Å². The van der Waals surface area contributed by atoms with Crippen LogP contribution in [0.4, 0.5) is 0 Å². The largest absolute Gasteiger partial charge is 0.381 e. The van der Waals surface area contributed by atoms with Gasteiger partial charge in [0.15, 0.2) is 0 Å². The van der Waals surface area contributed by atoms with Gasteiger partial charge in [-0.1, -0.05) is 5.16 Å². The molecule has 0 saturated carbocycles. The minimum Gasteiger partial charge on any atom is -0.381 e. The van der Waals surface area contributed by atoms with E-state index in [9.17, 15) is 4.79 Å². The second kappa shape index (κ2) is 5.58. The van der Waals surface area contributed by atoms with E-state index >= 15 is 0 Å². The molecule has 3 heterocycles. The maximum Gasteiger partial charge on any atom is 0.257 e. The molecule has 2 aromatic heterocycles. The molecule has 1 fully saturated rings. The Morgan fingerprint density at radius 3 is 3.25 bits per heavy atom. The highest BCUT2D eigenvalue weighted by Gasteiger charge is 2.16. The van der Waals surface area contributed by atoms with Crippen LogP contribution in [-0.2, 0) is 4.74 Å². The lowest BCUT2D eigenvalue weighted by molar-refractivity contribution is 0.0536. The predicted molar refractivity (Wildman–Crippen MR) is 72.4 cm³/mol. The summed E-state index contributed by atoms with van der Waals surface area (Å²) in [6, 6.07) is 1.76. The maximum atomic E-state index is 12.1. The molecular formula is C14H17N3O3. The lowest BCUT2D eigenvalue weighted by Gasteiger charge is -2.22. The van der Waals surface area contributed by atoms with Crippen LogP contribution in [0.5, 0.6) is 0 Å². The first kappa shape index (κ1) is 13.1. The zero-order valence-corrected chi connectivity index (χ0v) is 11.4. The van der Waals surface area contributed by atoms with Crippen molar-refractivity contribution >= 4 is 17.0 Å². The van der Waals surface area contributed by atoms with Crippen LogP contribution >= 0.6 is 0 Å². The van der Waals surface area contributed by atoms with E-state index in [0.29, 0.717) is 23.7 Å². The van der Waals surface area contributed by atoms with E-state index in [1.165, 1.54) is 6.20 Å². The summed E-state index contributed by atoms with van der Waals surface area (Å²) >= 11 is 0. The molecule has 1 saturated heterocycles. The molecule has 0 aliphatic carbocycles. The summed E-state index contributed by atoms with van der Waals surface area (Å²) in [5, 5.41) is 7.54. The van der Waals surface area contributed by atoms with Gasteiger partial charge in [-0.25, -0.2) is 4.98 Å². The molecule has 1 N–H and O–H groups in total. The van der Waals surface area contributed by atoms with Gasteiger partial charge in [0.05, 0.1) is 23.3 Å². The van der Waals surface area contributed by atoms with Crippen LogP contribution in [0.25, 0.3) is 11.1 Å². The standard InChI is InChI=1S/C14H17N3O3/c1-9-12-5-11(7-16-14(12)20-17-9)13(18)15-6-10-3-2-4-19-8-10/h5,7,10H,2-4,6,8H2,1H3,(H,15,18)/t10-/m0/s1. The molecule has 0 bridgehead atoms. The number of carbonyl (C=O) groups excluding carboxylic acids is 1. The SMILES string of the molecule is Cc1noc2ncc(C(=O)NC[C@@H]3CCCOC3)cc12. The van der Waals surface area contributed by atoms with Crippen molar-refractivity contribution in [2.24, 2.45) is 5.92 Å². The van der Waals surface area contributed by atoms with E-state index in [2.05, 4.69) is 15.5 Å². The quantitative estimate of drug-likeness (QED) is 0.922. The van der Waals surface area contributed by atoms with Crippen molar-refractivity contribution in [3.8, 4) is 0 Å². The highest BCUT2D eigenvalue weighted by molar-refractivity contribution is 5.96. The number of aryl methyl sites for hydroxylation is 1. The number of fused-ring (bicyclic) bond motifs is 1. The second-order valence-electron chi connectivity index (χ2n) is 5.14. The first-order valence-electron chi connectivity index (χ1n) is 6.82. The van der Waals surface area contributed by atoms with Crippen molar-refractivity contribution in [2.45, 2.75) is 19.8 Å². The zero-order valence-electron chi connectivity index (χ0n) is 11.4. The summed E-state index contributed by atoms with van der Waals surface area (Å²) in [5.74, 6) is 0.285. The van der Waals surface area contributed by atoms with Crippen molar-refractivity contribution in [2.75, 3.05) is 19.8 Å². The van der Waals surface area contributed by atoms with Crippen molar-refractivity contribution in [3.63, 3.8) is 0 Å². The third-order valence-electron chi connectivity index (χ3n) is 3.58. The smallest absolute Gasteiger partial charge is 0.257 e. The molecule has 3 rings (SSSR count). The molecule has 1 aliphatic rings. The van der Waals surface area contributed by atoms with E-state index in [0.717, 1.165) is 37.1 Å². The van der Waals surface area contributed by atoms with Crippen LogP contribution in [0.15, 0.2) is 16.8 Å². The van der Waals surface area contributed by atoms with E-state index in [1.807, 2.05) is 6.92 Å². The summed E-state index contributed by atoms with van der Waals surface area (Å²) in [5.41, 5.74) is 1.73. The molecule has 0 unspecified atom stereocenters. The summed E-state index contributed by atoms with van der Waals surface area (Å²) < 4.78 is 10.4. The van der Waals surface area contributed by atoms with Gasteiger partial charge >= 0.3 is 0 Å². The fraction of sp³-hybridized carbons (Fsp3) is 0.500. The highest BCUT2D eigenvalue weighted by atomic mass is 16.5. The Morgan fingerprint density at radius 1 is 1.55 bits per heavy atom. The monoisotopic (exact) mass is 275 g/mol. The van der Waals surface area contributed by atoms with Gasteiger partial charge in [0.1, 0.15) is 0 Å². The number of carbonyl (C=O) groups is 1. The van der Waals surface area contributed by atoms with E-state index in [-0.39, 0.29) is 5.91 Å². The Hall–Kier alpha value is -1.95. The van der Waals surface area contributed by atoms with Gasteiger partial charge in [0.2, 0.25) is 0 Å². The van der Waals surface area contributed by atoms with Crippen molar-refractivity contribution in [1.29, 1.82) is 0 Å². The summed E-state index contributed by atoms with van der Waals surface area (Å²) in [6.45, 7) is 4.02. The molecule has 20 heavy (non-hydrogen) atoms. The molecule has 1 aliphatic heterocycles. The lowest BCUT2D eigenvalue weighted by Crippen LogP contribution is -2.33. The molecule has 1 atom stereocenters. The zero-order chi connectivity index (χ0) is 13.9. The number of nitrogens with zero attached hydrogens (tertiary/aromatic N) is 2. The fourth-order valence-corrected chi connectivity index (χ4v) is 2.38. The number of rotatable bonds is 3. The van der Waals surface area contributed by atoms with Crippen LogP contribution in [0.3, 0.4) is 0 Å². The third kappa shape index (κ3) is 2.65. The van der Waals surface area contributed by atoms with Crippen LogP contribution in [0, 0.1) is 12.8 Å². The third-order valence-corrected chi connectivity index (χ3v) is 3.58. The number of aromatic nitrogens is 2. The maximum absolute atomic E-state index is 12.1. The average molecular weight is 275 g/mol. The predicted octanol–water partition coefficient (Wildman–Crippen LogP) is 1.69. The second-order valence-corrected chi connectivity index (χ2v) is 5.14. The lowest BCUT2D eigenvalue weighted by atomic mass is 10.0. The molecule has 0 radical (unpaired) electrons. The van der Waals surface area contributed by atoms with E-state index in [1.54, 1.807) is 6.07 Å². The number of amides is 1. The van der Waals surface area contributed by atoms with E-state index < -0.39 is 0 Å². The minimum absolute atomic E-state index is 0.120. The van der Waals surface area contributed by atoms with Crippen molar-refractivity contribution in [1.82, 2.24) is 15.5 Å². The highest BCUT2D eigenvalue weighted by Crippen LogP contribution is 2.17. The number of nitrogens with one attached hydrogen (secondary N) is 1. The van der Waals surface area contributed by atoms with Crippen LogP contribution in [0.1, 0.15) is 28.9 Å². The van der Waals surface area contributed by atoms with E-state index in [4.69, 9.17) is 9.26 Å². The molecule has 0 spiro atoms. The number of hydrogen-bond acceptors (Lipinski definition) is 5. The van der Waals surface area contributed by atoms with Crippen LogP contribution < -0.4 is 5.32 Å². The Morgan fingerprint density at radius 2 is 2.45 bits per heavy atom. The summed E-state index contributed by atoms with van der Waals surface area (Å²) in [6.07, 6.45) is 3.68.